The van der Waals surface area contributed by atoms with Gasteiger partial charge in [0.1, 0.15) is 0 Å². The smallest absolute Gasteiger partial charge is 0.238 e. The number of aromatic nitrogens is 2. The molecule has 5 nitrogen and oxygen atoms in total. The van der Waals surface area contributed by atoms with Crippen LogP contribution in [0.3, 0.4) is 0 Å². The van der Waals surface area contributed by atoms with Gasteiger partial charge in [-0.2, -0.15) is 5.10 Å². The molecule has 3 aromatic rings. The van der Waals surface area contributed by atoms with E-state index < -0.39 is 0 Å². The van der Waals surface area contributed by atoms with Crippen LogP contribution < -0.4 is 5.32 Å². The summed E-state index contributed by atoms with van der Waals surface area (Å²) in [6, 6.07) is 16.5. The van der Waals surface area contributed by atoms with Crippen molar-refractivity contribution in [3.63, 3.8) is 0 Å². The normalized spacial score (nSPS) is 11.1. The van der Waals surface area contributed by atoms with Gasteiger partial charge in [-0.1, -0.05) is 42.0 Å². The lowest BCUT2D eigenvalue weighted by atomic mass is 10.1. The minimum Gasteiger partial charge on any atom is -0.322 e. The number of benzene rings is 2. The lowest BCUT2D eigenvalue weighted by Gasteiger charge is -2.17. The molecule has 2 aromatic carbocycles. The maximum atomic E-state index is 12.6. The van der Waals surface area contributed by atoms with Crippen LogP contribution in [0.2, 0.25) is 0 Å². The molecule has 1 aromatic heterocycles. The Hall–Kier alpha value is -2.92. The Kier molecular flexibility index (Phi) is 5.95. The van der Waals surface area contributed by atoms with Crippen molar-refractivity contribution in [2.45, 2.75) is 34.2 Å². The molecule has 0 atom stereocenters. The second-order valence-corrected chi connectivity index (χ2v) is 7.44. The third-order valence-electron chi connectivity index (χ3n) is 4.95. The van der Waals surface area contributed by atoms with Gasteiger partial charge >= 0.3 is 0 Å². The van der Waals surface area contributed by atoms with Crippen LogP contribution in [0.1, 0.15) is 28.1 Å². The second-order valence-electron chi connectivity index (χ2n) is 7.44. The van der Waals surface area contributed by atoms with E-state index in [4.69, 9.17) is 0 Å². The second kappa shape index (κ2) is 8.40. The number of amides is 1. The molecule has 0 aliphatic carbocycles. The van der Waals surface area contributed by atoms with Gasteiger partial charge in [-0.3, -0.25) is 9.69 Å². The average molecular weight is 377 g/mol. The van der Waals surface area contributed by atoms with Crippen LogP contribution in [0.15, 0.2) is 48.5 Å². The zero-order valence-corrected chi connectivity index (χ0v) is 17.3. The number of anilines is 1. The Morgan fingerprint density at radius 2 is 1.71 bits per heavy atom. The van der Waals surface area contributed by atoms with Crippen molar-refractivity contribution in [3.8, 4) is 5.69 Å². The molecule has 0 unspecified atom stereocenters. The summed E-state index contributed by atoms with van der Waals surface area (Å²) in [4.78, 5) is 14.6. The van der Waals surface area contributed by atoms with Gasteiger partial charge in [0.25, 0.3) is 0 Å². The zero-order valence-electron chi connectivity index (χ0n) is 17.3. The quantitative estimate of drug-likeness (QED) is 0.702. The Morgan fingerprint density at radius 3 is 2.39 bits per heavy atom. The third-order valence-corrected chi connectivity index (χ3v) is 4.95. The molecule has 0 saturated carbocycles. The summed E-state index contributed by atoms with van der Waals surface area (Å²) in [6.45, 7) is 9.11. The van der Waals surface area contributed by atoms with Crippen LogP contribution in [-0.2, 0) is 11.3 Å². The summed E-state index contributed by atoms with van der Waals surface area (Å²) in [5, 5.41) is 7.66. The van der Waals surface area contributed by atoms with Crippen molar-refractivity contribution in [1.82, 2.24) is 14.7 Å². The van der Waals surface area contributed by atoms with Crippen molar-refractivity contribution in [1.29, 1.82) is 0 Å². The molecule has 1 amide bonds. The average Bonchev–Trinajstić information content (AvgIpc) is 2.92. The van der Waals surface area contributed by atoms with Crippen LogP contribution in [0.4, 0.5) is 5.69 Å². The number of nitrogens with zero attached hydrogens (tertiary/aromatic N) is 3. The molecule has 0 fully saturated rings. The van der Waals surface area contributed by atoms with Crippen LogP contribution in [0, 0.1) is 27.7 Å². The van der Waals surface area contributed by atoms with E-state index in [1.165, 1.54) is 16.7 Å². The fraction of sp³-hybridized carbons (Fsp3) is 0.304. The van der Waals surface area contributed by atoms with E-state index in [9.17, 15) is 4.79 Å². The van der Waals surface area contributed by atoms with E-state index in [1.54, 1.807) is 0 Å². The highest BCUT2D eigenvalue weighted by molar-refractivity contribution is 5.93. The van der Waals surface area contributed by atoms with E-state index in [2.05, 4.69) is 48.5 Å². The summed E-state index contributed by atoms with van der Waals surface area (Å²) < 4.78 is 1.88. The molecule has 0 radical (unpaired) electrons. The van der Waals surface area contributed by atoms with Gasteiger partial charge in [-0.25, -0.2) is 4.68 Å². The van der Waals surface area contributed by atoms with E-state index >= 15 is 0 Å². The van der Waals surface area contributed by atoms with Crippen molar-refractivity contribution in [2.24, 2.45) is 0 Å². The standard InChI is InChI=1S/C23H28N4O/c1-16-10-12-21(13-11-16)27-19(4)23(18(3)25-27)24-22(28)15-26(5)14-20-9-7-6-8-17(20)2/h6-13H,14-15H2,1-5H3,(H,24,28). The van der Waals surface area contributed by atoms with E-state index in [0.29, 0.717) is 6.54 Å². The number of likely N-dealkylation sites (N-methyl/N-ethyl adjacent to an activating group) is 1. The molecule has 1 heterocycles. The van der Waals surface area contributed by atoms with Crippen LogP contribution >= 0.6 is 0 Å². The first-order valence-corrected chi connectivity index (χ1v) is 9.51. The highest BCUT2D eigenvalue weighted by Crippen LogP contribution is 2.23. The summed E-state index contributed by atoms with van der Waals surface area (Å²) in [5.41, 5.74) is 7.19. The van der Waals surface area contributed by atoms with Gasteiger partial charge in [0.05, 0.1) is 29.3 Å². The molecule has 146 valence electrons. The molecule has 0 aliphatic rings. The number of carbonyl (C=O) groups is 1. The lowest BCUT2D eigenvalue weighted by Crippen LogP contribution is -2.30. The molecule has 0 aliphatic heterocycles. The van der Waals surface area contributed by atoms with Gasteiger partial charge in [0, 0.05) is 6.54 Å². The summed E-state index contributed by atoms with van der Waals surface area (Å²) in [7, 11) is 1.96. The van der Waals surface area contributed by atoms with E-state index in [0.717, 1.165) is 29.3 Å². The highest BCUT2D eigenvalue weighted by atomic mass is 16.2. The van der Waals surface area contributed by atoms with Crippen molar-refractivity contribution < 1.29 is 4.79 Å². The SMILES string of the molecule is Cc1ccc(-n2nc(C)c(NC(=O)CN(C)Cc3ccccc3C)c2C)cc1. The van der Waals surface area contributed by atoms with Crippen LogP contribution in [0.25, 0.3) is 5.69 Å². The van der Waals surface area contributed by atoms with Gasteiger partial charge in [0.15, 0.2) is 0 Å². The van der Waals surface area contributed by atoms with Crippen molar-refractivity contribution in [2.75, 3.05) is 18.9 Å². The number of rotatable bonds is 6. The van der Waals surface area contributed by atoms with Gasteiger partial charge in [-0.15, -0.1) is 0 Å². The van der Waals surface area contributed by atoms with Crippen molar-refractivity contribution >= 4 is 11.6 Å². The molecule has 1 N–H and O–H groups in total. The Bertz CT molecular complexity index is 973. The zero-order chi connectivity index (χ0) is 20.3. The maximum absolute atomic E-state index is 12.6. The summed E-state index contributed by atoms with van der Waals surface area (Å²) >= 11 is 0. The number of hydrogen-bond acceptors (Lipinski definition) is 3. The third kappa shape index (κ3) is 4.49. The largest absolute Gasteiger partial charge is 0.322 e. The van der Waals surface area contributed by atoms with Gasteiger partial charge in [0.2, 0.25) is 5.91 Å². The van der Waals surface area contributed by atoms with Crippen LogP contribution in [-0.4, -0.2) is 34.2 Å². The summed E-state index contributed by atoms with van der Waals surface area (Å²) in [5.74, 6) is -0.0364. The minimum absolute atomic E-state index is 0.0364. The lowest BCUT2D eigenvalue weighted by molar-refractivity contribution is -0.117. The topological polar surface area (TPSA) is 50.2 Å². The Morgan fingerprint density at radius 1 is 1.04 bits per heavy atom. The fourth-order valence-corrected chi connectivity index (χ4v) is 3.32. The minimum atomic E-state index is -0.0364. The first-order valence-electron chi connectivity index (χ1n) is 9.51. The van der Waals surface area contributed by atoms with E-state index in [1.807, 2.05) is 54.7 Å². The van der Waals surface area contributed by atoms with Crippen LogP contribution in [0.5, 0.6) is 0 Å². The predicted molar refractivity (Wildman–Crippen MR) is 114 cm³/mol. The number of nitrogens with one attached hydrogen (secondary N) is 1. The Balaban J connectivity index is 1.68. The predicted octanol–water partition coefficient (Wildman–Crippen LogP) is 4.18. The fourth-order valence-electron chi connectivity index (χ4n) is 3.32. The molecule has 0 spiro atoms. The Labute approximate surface area is 167 Å². The highest BCUT2D eigenvalue weighted by Gasteiger charge is 2.16. The van der Waals surface area contributed by atoms with Gasteiger partial charge < -0.3 is 5.32 Å². The number of carbonyl (C=O) groups excluding carboxylic acids is 1. The molecule has 0 saturated heterocycles. The summed E-state index contributed by atoms with van der Waals surface area (Å²) in [6.07, 6.45) is 0. The molecule has 0 bridgehead atoms. The van der Waals surface area contributed by atoms with E-state index in [-0.39, 0.29) is 5.91 Å². The monoisotopic (exact) mass is 376 g/mol. The molecular weight excluding hydrogens is 348 g/mol. The molecule has 3 rings (SSSR count). The number of aryl methyl sites for hydroxylation is 3. The first kappa shape index (κ1) is 19.8. The van der Waals surface area contributed by atoms with Gasteiger partial charge in [-0.05, 0) is 58.0 Å². The maximum Gasteiger partial charge on any atom is 0.238 e. The molecular formula is C23H28N4O. The molecule has 28 heavy (non-hydrogen) atoms. The first-order chi connectivity index (χ1) is 13.3. The number of hydrogen-bond donors (Lipinski definition) is 1. The van der Waals surface area contributed by atoms with Crippen molar-refractivity contribution in [3.05, 3.63) is 76.6 Å². The molecule has 5 heteroatoms.